The van der Waals surface area contributed by atoms with Gasteiger partial charge in [-0.2, -0.15) is 0 Å². The van der Waals surface area contributed by atoms with E-state index in [4.69, 9.17) is 0 Å². The molecule has 0 saturated carbocycles. The number of hydrogen-bond donors (Lipinski definition) is 2. The Balaban J connectivity index is 1.95. The molecule has 0 aromatic carbocycles. The van der Waals surface area contributed by atoms with E-state index in [1.165, 1.54) is 12.1 Å². The number of piperazine rings is 1. The predicted molar refractivity (Wildman–Crippen MR) is 86.0 cm³/mol. The van der Waals surface area contributed by atoms with E-state index in [0.717, 1.165) is 19.2 Å². The van der Waals surface area contributed by atoms with Crippen molar-refractivity contribution in [1.82, 2.24) is 20.2 Å². The SMILES string of the molecule is CNN1C(C(=O)O)C(=O)C(=O)C2C=C(F)C(N3CCN(C)CC3)=CC21. The Bertz CT molecular complexity index is 669. The van der Waals surface area contributed by atoms with E-state index < -0.39 is 41.4 Å². The molecule has 136 valence electrons. The number of hydrogen-bond acceptors (Lipinski definition) is 7. The predicted octanol–water partition coefficient (Wildman–Crippen LogP) is -0.989. The molecule has 2 N–H and O–H groups in total. The number of ketones is 2. The molecule has 0 aromatic heterocycles. The second-order valence-electron chi connectivity index (χ2n) is 6.47. The zero-order chi connectivity index (χ0) is 18.3. The number of allylic oxidation sites excluding steroid dienone is 1. The molecule has 2 aliphatic heterocycles. The van der Waals surface area contributed by atoms with Crippen LogP contribution in [0.4, 0.5) is 4.39 Å². The van der Waals surface area contributed by atoms with E-state index >= 15 is 0 Å². The van der Waals surface area contributed by atoms with E-state index in [0.29, 0.717) is 18.8 Å². The van der Waals surface area contributed by atoms with Crippen molar-refractivity contribution >= 4 is 17.5 Å². The first-order valence-corrected chi connectivity index (χ1v) is 8.14. The molecule has 0 radical (unpaired) electrons. The summed E-state index contributed by atoms with van der Waals surface area (Å²) < 4.78 is 14.6. The minimum Gasteiger partial charge on any atom is -0.480 e. The molecular weight excluding hydrogens is 331 g/mol. The minimum absolute atomic E-state index is 0.348. The molecule has 0 bridgehead atoms. The summed E-state index contributed by atoms with van der Waals surface area (Å²) in [7, 11) is 3.47. The Labute approximate surface area is 144 Å². The lowest BCUT2D eigenvalue weighted by atomic mass is 9.81. The molecule has 2 fully saturated rings. The molecule has 25 heavy (non-hydrogen) atoms. The van der Waals surface area contributed by atoms with Crippen LogP contribution in [0.2, 0.25) is 0 Å². The van der Waals surface area contributed by atoms with Crippen molar-refractivity contribution in [2.45, 2.75) is 12.1 Å². The van der Waals surface area contributed by atoms with Crippen LogP contribution in [-0.2, 0) is 14.4 Å². The summed E-state index contributed by atoms with van der Waals surface area (Å²) >= 11 is 0. The molecule has 3 atom stereocenters. The summed E-state index contributed by atoms with van der Waals surface area (Å²) in [4.78, 5) is 39.9. The summed E-state index contributed by atoms with van der Waals surface area (Å²) in [5.74, 6) is -4.88. The number of carbonyl (C=O) groups excluding carboxylic acids is 2. The van der Waals surface area contributed by atoms with Crippen molar-refractivity contribution in [2.75, 3.05) is 40.3 Å². The van der Waals surface area contributed by atoms with Gasteiger partial charge in [-0.3, -0.25) is 15.0 Å². The van der Waals surface area contributed by atoms with E-state index in [1.807, 2.05) is 11.9 Å². The number of Topliss-reactive ketones (excluding diaryl/α,β-unsaturated/α-hetero) is 2. The van der Waals surface area contributed by atoms with E-state index in [1.54, 1.807) is 6.08 Å². The molecule has 0 amide bonds. The molecule has 2 heterocycles. The maximum Gasteiger partial charge on any atom is 0.330 e. The van der Waals surface area contributed by atoms with Gasteiger partial charge in [-0.15, -0.1) is 0 Å². The Morgan fingerprint density at radius 1 is 1.20 bits per heavy atom. The minimum atomic E-state index is -1.61. The Hall–Kier alpha value is -2.10. The van der Waals surface area contributed by atoms with Crippen molar-refractivity contribution in [3.63, 3.8) is 0 Å². The summed E-state index contributed by atoms with van der Waals surface area (Å²) in [5.41, 5.74) is 3.04. The number of halogens is 1. The second-order valence-corrected chi connectivity index (χ2v) is 6.47. The maximum absolute atomic E-state index is 14.6. The quantitative estimate of drug-likeness (QED) is 0.494. The van der Waals surface area contributed by atoms with Crippen molar-refractivity contribution in [2.24, 2.45) is 5.92 Å². The lowest BCUT2D eigenvalue weighted by molar-refractivity contribution is -0.160. The number of carboxylic acid groups (broad SMARTS) is 1. The lowest BCUT2D eigenvalue weighted by Gasteiger charge is -2.43. The van der Waals surface area contributed by atoms with E-state index in [2.05, 4.69) is 10.3 Å². The highest BCUT2D eigenvalue weighted by molar-refractivity contribution is 6.44. The van der Waals surface area contributed by atoms with Crippen LogP contribution >= 0.6 is 0 Å². The van der Waals surface area contributed by atoms with E-state index in [-0.39, 0.29) is 0 Å². The average Bonchev–Trinajstić information content (AvgIpc) is 2.58. The Morgan fingerprint density at radius 2 is 1.84 bits per heavy atom. The van der Waals surface area contributed by atoms with Crippen LogP contribution in [0, 0.1) is 5.92 Å². The van der Waals surface area contributed by atoms with Crippen LogP contribution in [0.3, 0.4) is 0 Å². The first kappa shape index (κ1) is 17.7. The molecule has 3 rings (SSSR count). The van der Waals surface area contributed by atoms with Crippen LogP contribution in [-0.4, -0.2) is 89.8 Å². The molecule has 0 aromatic rings. The molecule has 0 spiro atoms. The van der Waals surface area contributed by atoms with Crippen LogP contribution in [0.25, 0.3) is 0 Å². The van der Waals surface area contributed by atoms with Crippen molar-refractivity contribution in [1.29, 1.82) is 0 Å². The fourth-order valence-corrected chi connectivity index (χ4v) is 3.58. The maximum atomic E-state index is 14.6. The first-order valence-electron chi connectivity index (χ1n) is 8.14. The van der Waals surface area contributed by atoms with Crippen LogP contribution in [0.1, 0.15) is 0 Å². The number of nitrogens with zero attached hydrogens (tertiary/aromatic N) is 3. The third-order valence-electron chi connectivity index (χ3n) is 5.00. The summed E-state index contributed by atoms with van der Waals surface area (Å²) in [6, 6.07) is -2.34. The van der Waals surface area contributed by atoms with Gasteiger partial charge in [0.1, 0.15) is 5.83 Å². The Kier molecular flexibility index (Phi) is 4.72. The fraction of sp³-hybridized carbons (Fsp3) is 0.562. The van der Waals surface area contributed by atoms with Crippen molar-refractivity contribution < 1.29 is 23.9 Å². The largest absolute Gasteiger partial charge is 0.480 e. The third kappa shape index (κ3) is 2.99. The molecule has 2 saturated heterocycles. The number of nitrogens with one attached hydrogen (secondary N) is 1. The highest BCUT2D eigenvalue weighted by atomic mass is 19.1. The zero-order valence-corrected chi connectivity index (χ0v) is 14.1. The number of piperidine rings is 1. The first-order chi connectivity index (χ1) is 11.8. The number of likely N-dealkylation sites (N-methyl/N-ethyl adjacent to an activating group) is 1. The number of aliphatic carboxylic acids is 1. The topological polar surface area (TPSA) is 93.2 Å². The highest BCUT2D eigenvalue weighted by Gasteiger charge is 2.51. The summed E-state index contributed by atoms with van der Waals surface area (Å²) in [6.07, 6.45) is 2.70. The van der Waals surface area contributed by atoms with Gasteiger partial charge in [-0.1, -0.05) is 0 Å². The van der Waals surface area contributed by atoms with Gasteiger partial charge in [0, 0.05) is 26.2 Å². The zero-order valence-electron chi connectivity index (χ0n) is 14.1. The molecule has 3 unspecified atom stereocenters. The standard InChI is InChI=1S/C16H21FN4O4/c1-18-21-11-8-12(20-5-3-19(2)4-6-20)10(17)7-9(11)14(22)15(23)13(21)16(24)25/h7-9,11,13,18H,3-6H2,1-2H3,(H,24,25). The number of hydrazine groups is 1. The highest BCUT2D eigenvalue weighted by Crippen LogP contribution is 2.34. The number of carbonyl (C=O) groups is 3. The van der Waals surface area contributed by atoms with Crippen LogP contribution in [0.15, 0.2) is 23.7 Å². The molecular formula is C16H21FN4O4. The monoisotopic (exact) mass is 352 g/mol. The van der Waals surface area contributed by atoms with Crippen LogP contribution in [0.5, 0.6) is 0 Å². The van der Waals surface area contributed by atoms with Gasteiger partial charge in [0.05, 0.1) is 17.7 Å². The van der Waals surface area contributed by atoms with Crippen molar-refractivity contribution in [3.8, 4) is 0 Å². The van der Waals surface area contributed by atoms with Gasteiger partial charge in [-0.25, -0.2) is 14.2 Å². The second kappa shape index (κ2) is 6.66. The normalized spacial score (nSPS) is 31.5. The summed E-state index contributed by atoms with van der Waals surface area (Å²) in [6.45, 7) is 2.83. The lowest BCUT2D eigenvalue weighted by Crippen LogP contribution is -2.66. The van der Waals surface area contributed by atoms with Gasteiger partial charge in [0.15, 0.2) is 6.04 Å². The molecule has 1 aliphatic carbocycles. The van der Waals surface area contributed by atoms with E-state index in [9.17, 15) is 23.9 Å². The molecule has 9 heteroatoms. The molecule has 8 nitrogen and oxygen atoms in total. The van der Waals surface area contributed by atoms with Crippen molar-refractivity contribution in [3.05, 3.63) is 23.7 Å². The van der Waals surface area contributed by atoms with Gasteiger partial charge < -0.3 is 14.9 Å². The van der Waals surface area contributed by atoms with Gasteiger partial charge >= 0.3 is 5.97 Å². The van der Waals surface area contributed by atoms with Crippen LogP contribution < -0.4 is 5.43 Å². The third-order valence-corrected chi connectivity index (χ3v) is 5.00. The van der Waals surface area contributed by atoms with Gasteiger partial charge in [-0.05, 0) is 26.2 Å². The Morgan fingerprint density at radius 3 is 2.40 bits per heavy atom. The average molecular weight is 352 g/mol. The number of fused-ring (bicyclic) bond motifs is 1. The van der Waals surface area contributed by atoms with Gasteiger partial charge in [0.25, 0.3) is 0 Å². The molecule has 3 aliphatic rings. The number of carboxylic acids is 1. The smallest absolute Gasteiger partial charge is 0.330 e. The summed E-state index contributed by atoms with van der Waals surface area (Å²) in [5, 5.41) is 10.6. The fourth-order valence-electron chi connectivity index (χ4n) is 3.58. The number of rotatable bonds is 3. The van der Waals surface area contributed by atoms with Gasteiger partial charge in [0.2, 0.25) is 11.6 Å².